The summed E-state index contributed by atoms with van der Waals surface area (Å²) in [5.74, 6) is -0.997. The zero-order valence-electron chi connectivity index (χ0n) is 8.94. The van der Waals surface area contributed by atoms with Gasteiger partial charge in [0.1, 0.15) is 9.81 Å². The van der Waals surface area contributed by atoms with E-state index in [0.717, 1.165) is 4.90 Å². The molecule has 1 heterocycles. The summed E-state index contributed by atoms with van der Waals surface area (Å²) in [7, 11) is 0. The van der Waals surface area contributed by atoms with Gasteiger partial charge in [0, 0.05) is 6.54 Å². The number of hydrogen-bond donors (Lipinski definition) is 4. The number of nitrogens with one attached hydrogen (secondary N) is 2. The van der Waals surface area contributed by atoms with Crippen LogP contribution in [0.25, 0.3) is 0 Å². The Bertz CT molecular complexity index is 407. The van der Waals surface area contributed by atoms with Crippen LogP contribution in [0.15, 0.2) is 9.81 Å². The summed E-state index contributed by atoms with van der Waals surface area (Å²) >= 11 is 1.40. The molecule has 0 atom stereocenters. The van der Waals surface area contributed by atoms with Crippen molar-refractivity contribution in [2.45, 2.75) is 6.92 Å². The Balaban J connectivity index is 3.14. The first-order chi connectivity index (χ1) is 7.88. The smallest absolute Gasteiger partial charge is 0.268 e. The Morgan fingerprint density at radius 1 is 1.12 bits per heavy atom. The van der Waals surface area contributed by atoms with Gasteiger partial charge in [0.25, 0.3) is 11.8 Å². The van der Waals surface area contributed by atoms with Crippen molar-refractivity contribution in [3.63, 3.8) is 0 Å². The Kier molecular flexibility index (Phi) is 4.18. The number of amidine groups is 2. The Morgan fingerprint density at radius 3 is 1.71 bits per heavy atom. The fourth-order valence-electron chi connectivity index (χ4n) is 1.22. The lowest BCUT2D eigenvalue weighted by molar-refractivity contribution is -0.136. The van der Waals surface area contributed by atoms with Crippen LogP contribution in [0.3, 0.4) is 0 Å². The van der Waals surface area contributed by atoms with E-state index in [0.29, 0.717) is 23.5 Å². The number of nitrogens with zero attached hydrogens (tertiary/aromatic N) is 1. The second kappa shape index (κ2) is 5.23. The van der Waals surface area contributed by atoms with Gasteiger partial charge in [-0.25, -0.2) is 0 Å². The first-order valence-corrected chi connectivity index (χ1v) is 6.16. The summed E-state index contributed by atoms with van der Waals surface area (Å²) in [6, 6.07) is 0. The molecule has 17 heavy (non-hydrogen) atoms. The van der Waals surface area contributed by atoms with E-state index < -0.39 is 11.8 Å². The highest BCUT2D eigenvalue weighted by Gasteiger charge is 2.38. The lowest BCUT2D eigenvalue weighted by atomic mass is 10.5. The molecule has 0 aliphatic carbocycles. The van der Waals surface area contributed by atoms with Gasteiger partial charge in [-0.2, -0.15) is 0 Å². The third kappa shape index (κ3) is 2.80. The van der Waals surface area contributed by atoms with Gasteiger partial charge in [-0.3, -0.25) is 25.3 Å². The zero-order chi connectivity index (χ0) is 13.2. The predicted octanol–water partition coefficient (Wildman–Crippen LogP) is -0.160. The summed E-state index contributed by atoms with van der Waals surface area (Å²) < 4.78 is 0. The van der Waals surface area contributed by atoms with Gasteiger partial charge in [0.2, 0.25) is 0 Å². The minimum Gasteiger partial charge on any atom is -0.378 e. The van der Waals surface area contributed by atoms with Gasteiger partial charge in [-0.15, -0.1) is 0 Å². The van der Waals surface area contributed by atoms with E-state index >= 15 is 0 Å². The first-order valence-electron chi connectivity index (χ1n) is 4.52. The van der Waals surface area contributed by atoms with Crippen molar-refractivity contribution >= 4 is 45.7 Å². The number of nitrogens with two attached hydrogens (primary N) is 2. The van der Waals surface area contributed by atoms with Crippen LogP contribution in [-0.4, -0.2) is 33.6 Å². The lowest BCUT2D eigenvalue weighted by Crippen LogP contribution is -2.31. The maximum atomic E-state index is 11.8. The molecular weight excluding hydrogens is 262 g/mol. The Morgan fingerprint density at radius 2 is 1.47 bits per heavy atom. The summed E-state index contributed by atoms with van der Waals surface area (Å²) in [5, 5.41) is 13.7. The van der Waals surface area contributed by atoms with Gasteiger partial charge in [-0.1, -0.05) is 0 Å². The third-order valence-electron chi connectivity index (χ3n) is 1.83. The molecule has 0 saturated heterocycles. The quantitative estimate of drug-likeness (QED) is 0.320. The molecule has 0 unspecified atom stereocenters. The van der Waals surface area contributed by atoms with E-state index in [1.165, 1.54) is 0 Å². The number of carbonyl (C=O) groups is 2. The molecular formula is C8H11N5O2S2. The molecule has 0 fully saturated rings. The molecule has 0 radical (unpaired) electrons. The van der Waals surface area contributed by atoms with E-state index in [1.807, 2.05) is 0 Å². The van der Waals surface area contributed by atoms with Crippen molar-refractivity contribution in [3.8, 4) is 0 Å². The molecule has 1 aliphatic heterocycles. The largest absolute Gasteiger partial charge is 0.378 e. The minimum atomic E-state index is -0.499. The van der Waals surface area contributed by atoms with Crippen molar-refractivity contribution < 1.29 is 9.59 Å². The highest BCUT2D eigenvalue weighted by atomic mass is 32.2. The van der Waals surface area contributed by atoms with Crippen molar-refractivity contribution in [2.24, 2.45) is 11.5 Å². The van der Waals surface area contributed by atoms with Crippen molar-refractivity contribution in [2.75, 3.05) is 6.54 Å². The molecule has 0 spiro atoms. The van der Waals surface area contributed by atoms with Crippen molar-refractivity contribution in [1.82, 2.24) is 4.90 Å². The summed E-state index contributed by atoms with van der Waals surface area (Å²) in [4.78, 5) is 24.8. The van der Waals surface area contributed by atoms with Crippen LogP contribution in [-0.2, 0) is 9.59 Å². The van der Waals surface area contributed by atoms with Gasteiger partial charge in [0.05, 0.1) is 0 Å². The molecule has 0 aromatic rings. The monoisotopic (exact) mass is 273 g/mol. The van der Waals surface area contributed by atoms with Crippen LogP contribution in [0, 0.1) is 10.8 Å². The maximum absolute atomic E-state index is 11.8. The molecule has 1 rings (SSSR count). The van der Waals surface area contributed by atoms with E-state index in [1.54, 1.807) is 6.92 Å². The van der Waals surface area contributed by atoms with Crippen LogP contribution in [0.1, 0.15) is 6.92 Å². The topological polar surface area (TPSA) is 137 Å². The predicted molar refractivity (Wildman–Crippen MR) is 68.4 cm³/mol. The summed E-state index contributed by atoms with van der Waals surface area (Å²) in [6.07, 6.45) is 0. The average Bonchev–Trinajstić information content (AvgIpc) is 2.41. The van der Waals surface area contributed by atoms with E-state index in [-0.39, 0.29) is 26.7 Å². The number of likely N-dealkylation sites (N-methyl/N-ethyl adjacent to an activating group) is 1. The second-order valence-electron chi connectivity index (χ2n) is 2.95. The van der Waals surface area contributed by atoms with Crippen molar-refractivity contribution in [3.05, 3.63) is 9.81 Å². The van der Waals surface area contributed by atoms with E-state index in [9.17, 15) is 9.59 Å². The van der Waals surface area contributed by atoms with E-state index in [2.05, 4.69) is 0 Å². The molecule has 0 aromatic heterocycles. The molecule has 0 aromatic carbocycles. The molecule has 92 valence electrons. The average molecular weight is 273 g/mol. The van der Waals surface area contributed by atoms with Crippen LogP contribution >= 0.6 is 23.5 Å². The lowest BCUT2D eigenvalue weighted by Gasteiger charge is -2.10. The highest BCUT2D eigenvalue weighted by molar-refractivity contribution is 8.21. The Labute approximate surface area is 106 Å². The number of carbonyl (C=O) groups excluding carboxylic acids is 2. The van der Waals surface area contributed by atoms with Gasteiger partial charge >= 0.3 is 0 Å². The fraction of sp³-hybridized carbons (Fsp3) is 0.250. The van der Waals surface area contributed by atoms with Crippen LogP contribution < -0.4 is 11.5 Å². The summed E-state index contributed by atoms with van der Waals surface area (Å²) in [6.45, 7) is 1.88. The van der Waals surface area contributed by atoms with Crippen LogP contribution in [0.5, 0.6) is 0 Å². The molecule has 0 bridgehead atoms. The molecule has 7 nitrogen and oxygen atoms in total. The molecule has 1 aliphatic rings. The van der Waals surface area contributed by atoms with Gasteiger partial charge in [-0.05, 0) is 30.4 Å². The standard InChI is InChI=1S/C8H11N5O2S2/c1-2-13-5(14)3(16-7(9)10)4(6(13)15)17-8(11)12/h2H2,1H3,(H3,9,10)(H3,11,12). The van der Waals surface area contributed by atoms with Gasteiger partial charge < -0.3 is 11.5 Å². The van der Waals surface area contributed by atoms with Crippen LogP contribution in [0.4, 0.5) is 0 Å². The summed E-state index contributed by atoms with van der Waals surface area (Å²) in [5.41, 5.74) is 10.4. The highest BCUT2D eigenvalue weighted by Crippen LogP contribution is 2.35. The fourth-order valence-corrected chi connectivity index (χ4v) is 2.66. The minimum absolute atomic E-state index is 0.0598. The third-order valence-corrected chi connectivity index (χ3v) is 3.56. The number of thioether (sulfide) groups is 2. The van der Waals surface area contributed by atoms with Gasteiger partial charge in [0.15, 0.2) is 10.3 Å². The molecule has 9 heteroatoms. The SMILES string of the molecule is CCN1C(=O)C(SC(=N)N)=C(SC(=N)N)C1=O. The number of rotatable bonds is 3. The van der Waals surface area contributed by atoms with E-state index in [4.69, 9.17) is 22.3 Å². The zero-order valence-corrected chi connectivity index (χ0v) is 10.6. The maximum Gasteiger partial charge on any atom is 0.268 e. The number of hydrogen-bond acceptors (Lipinski definition) is 6. The molecule has 0 saturated carbocycles. The van der Waals surface area contributed by atoms with Crippen molar-refractivity contribution in [1.29, 1.82) is 10.8 Å². The first kappa shape index (κ1) is 13.6. The van der Waals surface area contributed by atoms with Crippen LogP contribution in [0.2, 0.25) is 0 Å². The number of imide groups is 1. The molecule has 6 N–H and O–H groups in total. The molecule has 2 amide bonds. The number of amides is 2. The normalized spacial score (nSPS) is 15.7. The second-order valence-corrected chi connectivity index (χ2v) is 5.05. The Hall–Kier alpha value is -1.48.